The number of rotatable bonds is 6. The van der Waals surface area contributed by atoms with Crippen LogP contribution in [0.25, 0.3) is 10.2 Å². The zero-order valence-electron chi connectivity index (χ0n) is 16.2. The van der Waals surface area contributed by atoms with Crippen LogP contribution >= 0.6 is 11.3 Å². The lowest BCUT2D eigenvalue weighted by Gasteiger charge is -2.29. The fourth-order valence-corrected chi connectivity index (χ4v) is 4.35. The molecule has 2 aromatic heterocycles. The third kappa shape index (κ3) is 3.94. The molecule has 8 heteroatoms. The molecule has 0 atom stereocenters. The Labute approximate surface area is 168 Å². The number of thiazole rings is 1. The molecule has 0 saturated carbocycles. The number of nitrogens with zero attached hydrogens (tertiary/aromatic N) is 5. The van der Waals surface area contributed by atoms with Gasteiger partial charge in [0.15, 0.2) is 5.13 Å². The van der Waals surface area contributed by atoms with E-state index in [0.717, 1.165) is 48.2 Å². The summed E-state index contributed by atoms with van der Waals surface area (Å²) in [4.78, 5) is 22.3. The van der Waals surface area contributed by atoms with Crippen molar-refractivity contribution in [3.8, 4) is 0 Å². The van der Waals surface area contributed by atoms with E-state index in [1.54, 1.807) is 33.2 Å². The van der Waals surface area contributed by atoms with Crippen molar-refractivity contribution in [1.29, 1.82) is 0 Å². The van der Waals surface area contributed by atoms with E-state index < -0.39 is 0 Å². The van der Waals surface area contributed by atoms with E-state index in [-0.39, 0.29) is 11.9 Å². The summed E-state index contributed by atoms with van der Waals surface area (Å²) >= 11 is 1.55. The lowest BCUT2D eigenvalue weighted by Crippen LogP contribution is -2.43. The van der Waals surface area contributed by atoms with Crippen LogP contribution in [0.5, 0.6) is 0 Å². The minimum atomic E-state index is -0.0569. The van der Waals surface area contributed by atoms with Gasteiger partial charge in [-0.2, -0.15) is 5.10 Å². The molecular weight excluding hydrogens is 374 g/mol. The first kappa shape index (κ1) is 19.0. The number of fused-ring (bicyclic) bond motifs is 1. The third-order valence-electron chi connectivity index (χ3n) is 4.88. The number of ether oxygens (including phenoxy) is 1. The minimum absolute atomic E-state index is 0.0569. The van der Waals surface area contributed by atoms with Gasteiger partial charge in [0, 0.05) is 38.4 Å². The predicted octanol–water partition coefficient (Wildman–Crippen LogP) is 3.05. The molecule has 28 heavy (non-hydrogen) atoms. The number of benzene rings is 1. The van der Waals surface area contributed by atoms with E-state index in [9.17, 15) is 4.79 Å². The average Bonchev–Trinajstić information content (AvgIpc) is 3.36. The van der Waals surface area contributed by atoms with Crippen molar-refractivity contribution in [2.75, 3.05) is 44.3 Å². The predicted molar refractivity (Wildman–Crippen MR) is 111 cm³/mol. The molecule has 0 bridgehead atoms. The quantitative estimate of drug-likeness (QED) is 0.637. The Morgan fingerprint density at radius 3 is 2.79 bits per heavy atom. The van der Waals surface area contributed by atoms with Gasteiger partial charge in [-0.15, -0.1) is 0 Å². The van der Waals surface area contributed by atoms with Gasteiger partial charge in [-0.1, -0.05) is 23.5 Å². The van der Waals surface area contributed by atoms with Crippen LogP contribution in [0.4, 0.5) is 5.13 Å². The van der Waals surface area contributed by atoms with Crippen LogP contribution in [0.1, 0.15) is 30.4 Å². The highest BCUT2D eigenvalue weighted by Gasteiger charge is 2.25. The van der Waals surface area contributed by atoms with Gasteiger partial charge < -0.3 is 4.74 Å². The van der Waals surface area contributed by atoms with Crippen molar-refractivity contribution >= 4 is 32.6 Å². The Morgan fingerprint density at radius 2 is 2.04 bits per heavy atom. The molecule has 0 radical (unpaired) electrons. The summed E-state index contributed by atoms with van der Waals surface area (Å²) in [6, 6.07) is 9.90. The topological polar surface area (TPSA) is 63.5 Å². The molecule has 1 fully saturated rings. The molecule has 4 rings (SSSR count). The molecule has 1 aromatic carbocycles. The largest absolute Gasteiger partial charge is 0.379 e. The molecule has 3 aromatic rings. The van der Waals surface area contributed by atoms with Crippen LogP contribution < -0.4 is 4.90 Å². The number of morpholine rings is 1. The fraction of sp³-hybridized carbons (Fsp3) is 0.450. The smallest absolute Gasteiger partial charge is 0.278 e. The van der Waals surface area contributed by atoms with E-state index in [2.05, 4.69) is 10.00 Å². The summed E-state index contributed by atoms with van der Waals surface area (Å²) in [5.74, 6) is -0.0569. The van der Waals surface area contributed by atoms with E-state index >= 15 is 0 Å². The number of anilines is 1. The van der Waals surface area contributed by atoms with Crippen molar-refractivity contribution < 1.29 is 9.53 Å². The Morgan fingerprint density at radius 1 is 1.25 bits per heavy atom. The first-order valence-electron chi connectivity index (χ1n) is 9.64. The standard InChI is InChI=1S/C20H25N5O2S/c1-15(2)25-17(7-8-21-25)19(26)24(10-9-23-11-13-27-14-12-23)20-22-16-5-3-4-6-18(16)28-20/h3-8,15H,9-14H2,1-2H3. The summed E-state index contributed by atoms with van der Waals surface area (Å²) in [5, 5.41) is 5.06. The number of amides is 1. The highest BCUT2D eigenvalue weighted by molar-refractivity contribution is 7.22. The molecule has 148 valence electrons. The van der Waals surface area contributed by atoms with Crippen LogP contribution in [0.15, 0.2) is 36.5 Å². The summed E-state index contributed by atoms with van der Waals surface area (Å²) in [6.07, 6.45) is 1.69. The Kier molecular flexibility index (Phi) is 5.70. The van der Waals surface area contributed by atoms with Gasteiger partial charge in [0.1, 0.15) is 5.69 Å². The molecule has 0 unspecified atom stereocenters. The number of aromatic nitrogens is 3. The highest BCUT2D eigenvalue weighted by atomic mass is 32.1. The van der Waals surface area contributed by atoms with Crippen LogP contribution in [0.3, 0.4) is 0 Å². The van der Waals surface area contributed by atoms with Crippen LogP contribution in [0, 0.1) is 0 Å². The van der Waals surface area contributed by atoms with Gasteiger partial charge in [-0.25, -0.2) is 4.98 Å². The summed E-state index contributed by atoms with van der Waals surface area (Å²) < 4.78 is 8.29. The molecule has 7 nitrogen and oxygen atoms in total. The fourth-order valence-electron chi connectivity index (χ4n) is 3.36. The number of hydrogen-bond donors (Lipinski definition) is 0. The summed E-state index contributed by atoms with van der Waals surface area (Å²) in [7, 11) is 0. The van der Waals surface area contributed by atoms with E-state index in [4.69, 9.17) is 9.72 Å². The van der Waals surface area contributed by atoms with Gasteiger partial charge in [0.05, 0.1) is 23.4 Å². The van der Waals surface area contributed by atoms with Crippen LogP contribution in [-0.4, -0.2) is 65.0 Å². The average molecular weight is 400 g/mol. The summed E-state index contributed by atoms with van der Waals surface area (Å²) in [6.45, 7) is 8.71. The Bertz CT molecular complexity index is 912. The summed E-state index contributed by atoms with van der Waals surface area (Å²) in [5.41, 5.74) is 1.51. The van der Waals surface area contributed by atoms with Crippen molar-refractivity contribution in [2.24, 2.45) is 0 Å². The zero-order valence-corrected chi connectivity index (χ0v) is 17.1. The maximum Gasteiger partial charge on any atom is 0.278 e. The van der Waals surface area contributed by atoms with Gasteiger partial charge >= 0.3 is 0 Å². The van der Waals surface area contributed by atoms with Crippen molar-refractivity contribution in [3.05, 3.63) is 42.2 Å². The van der Waals surface area contributed by atoms with E-state index in [1.165, 1.54) is 0 Å². The number of carbonyl (C=O) groups is 1. The monoisotopic (exact) mass is 399 g/mol. The molecule has 0 spiro atoms. The molecule has 3 heterocycles. The van der Waals surface area contributed by atoms with Crippen molar-refractivity contribution in [3.63, 3.8) is 0 Å². The molecule has 1 aliphatic rings. The van der Waals surface area contributed by atoms with E-state index in [0.29, 0.717) is 12.2 Å². The second-order valence-corrected chi connectivity index (χ2v) is 8.14. The SMILES string of the molecule is CC(C)n1nccc1C(=O)N(CCN1CCOCC1)c1nc2ccccc2s1. The lowest BCUT2D eigenvalue weighted by atomic mass is 10.3. The molecular formula is C20H25N5O2S. The number of hydrogen-bond acceptors (Lipinski definition) is 6. The maximum atomic E-state index is 13.5. The number of carbonyl (C=O) groups excluding carboxylic acids is 1. The Balaban J connectivity index is 1.63. The van der Waals surface area contributed by atoms with Gasteiger partial charge in [0.2, 0.25) is 0 Å². The lowest BCUT2D eigenvalue weighted by molar-refractivity contribution is 0.0391. The normalized spacial score (nSPS) is 15.4. The van der Waals surface area contributed by atoms with Crippen LogP contribution in [0.2, 0.25) is 0 Å². The molecule has 1 amide bonds. The minimum Gasteiger partial charge on any atom is -0.379 e. The second-order valence-electron chi connectivity index (χ2n) is 7.13. The Hall–Kier alpha value is -2.29. The molecule has 0 aliphatic carbocycles. The van der Waals surface area contributed by atoms with Crippen LogP contribution in [-0.2, 0) is 4.74 Å². The van der Waals surface area contributed by atoms with Gasteiger partial charge in [-0.3, -0.25) is 19.3 Å². The third-order valence-corrected chi connectivity index (χ3v) is 5.94. The highest BCUT2D eigenvalue weighted by Crippen LogP contribution is 2.29. The second kappa shape index (κ2) is 8.38. The van der Waals surface area contributed by atoms with Crippen molar-refractivity contribution in [2.45, 2.75) is 19.9 Å². The molecule has 0 N–H and O–H groups in total. The van der Waals surface area contributed by atoms with Crippen molar-refractivity contribution in [1.82, 2.24) is 19.7 Å². The van der Waals surface area contributed by atoms with Gasteiger partial charge in [0.25, 0.3) is 5.91 Å². The van der Waals surface area contributed by atoms with E-state index in [1.807, 2.05) is 38.1 Å². The first-order valence-corrected chi connectivity index (χ1v) is 10.5. The zero-order chi connectivity index (χ0) is 19.5. The molecule has 1 aliphatic heterocycles. The maximum absolute atomic E-state index is 13.5. The molecule has 1 saturated heterocycles. The first-order chi connectivity index (χ1) is 13.6. The van der Waals surface area contributed by atoms with Gasteiger partial charge in [-0.05, 0) is 32.0 Å². The number of para-hydroxylation sites is 1.